The smallest absolute Gasteiger partial charge is 0.355 e. The highest BCUT2D eigenvalue weighted by atomic mass is 19.4. The van der Waals surface area contributed by atoms with Gasteiger partial charge < -0.3 is 4.90 Å². The number of halogens is 3. The Morgan fingerprint density at radius 3 is 2.55 bits per heavy atom. The molecule has 0 bridgehead atoms. The van der Waals surface area contributed by atoms with E-state index in [9.17, 15) is 18.0 Å². The molecule has 1 fully saturated rings. The molecule has 0 saturated carbocycles. The highest BCUT2D eigenvalue weighted by molar-refractivity contribution is 5.88. The number of rotatable bonds is 2. The molecule has 0 radical (unpaired) electrons. The number of alkyl halides is 3. The quantitative estimate of drug-likeness (QED) is 0.798. The minimum Gasteiger partial charge on any atom is -0.355 e. The molecule has 22 heavy (non-hydrogen) atoms. The number of piperidine rings is 1. The number of fused-ring (bicyclic) bond motifs is 1. The highest BCUT2D eigenvalue weighted by Crippen LogP contribution is 2.35. The third-order valence-electron chi connectivity index (χ3n) is 3.86. The molecule has 2 aromatic rings. The number of carbonyl (C=O) groups excluding carboxylic acids is 1. The summed E-state index contributed by atoms with van der Waals surface area (Å²) in [4.78, 5) is 25.0. The minimum atomic E-state index is -4.15. The van der Waals surface area contributed by atoms with Crippen molar-refractivity contribution in [2.75, 3.05) is 18.0 Å². The SMILES string of the molecule is O=Cc1ccc2ncnc(N3CCC(C(F)(F)F)CC3)c2n1. The third-order valence-corrected chi connectivity index (χ3v) is 3.86. The lowest BCUT2D eigenvalue weighted by atomic mass is 9.96. The number of hydrogen-bond donors (Lipinski definition) is 0. The van der Waals surface area contributed by atoms with Crippen LogP contribution in [-0.4, -0.2) is 40.5 Å². The standard InChI is InChI=1S/C14H13F3N4O/c15-14(16,17)9-3-5-21(6-4-9)13-12-11(18-8-19-13)2-1-10(7-22)20-12/h1-2,7-9H,3-6H2. The molecule has 0 unspecified atom stereocenters. The number of carbonyl (C=O) groups is 1. The summed E-state index contributed by atoms with van der Waals surface area (Å²) in [6.07, 6.45) is -2.12. The average molecular weight is 310 g/mol. The van der Waals surface area contributed by atoms with Crippen LogP contribution in [0.25, 0.3) is 11.0 Å². The number of pyridine rings is 1. The molecule has 8 heteroatoms. The molecule has 0 aliphatic carbocycles. The second-order valence-electron chi connectivity index (χ2n) is 5.22. The Balaban J connectivity index is 1.90. The molecular weight excluding hydrogens is 297 g/mol. The van der Waals surface area contributed by atoms with Gasteiger partial charge in [0, 0.05) is 13.1 Å². The molecule has 3 heterocycles. The first-order valence-electron chi connectivity index (χ1n) is 6.87. The topological polar surface area (TPSA) is 59.0 Å². The first kappa shape index (κ1) is 14.7. The zero-order chi connectivity index (χ0) is 15.7. The van der Waals surface area contributed by atoms with Crippen molar-refractivity contribution in [3.05, 3.63) is 24.2 Å². The average Bonchev–Trinajstić information content (AvgIpc) is 2.53. The van der Waals surface area contributed by atoms with Crippen LogP contribution >= 0.6 is 0 Å². The summed E-state index contributed by atoms with van der Waals surface area (Å²) in [6.45, 7) is 0.507. The Morgan fingerprint density at radius 1 is 1.18 bits per heavy atom. The Kier molecular flexibility index (Phi) is 3.67. The van der Waals surface area contributed by atoms with E-state index in [1.165, 1.54) is 6.33 Å². The molecular formula is C14H13F3N4O. The van der Waals surface area contributed by atoms with E-state index >= 15 is 0 Å². The minimum absolute atomic E-state index is 0.0301. The van der Waals surface area contributed by atoms with Crippen molar-refractivity contribution in [3.8, 4) is 0 Å². The van der Waals surface area contributed by atoms with Gasteiger partial charge in [-0.15, -0.1) is 0 Å². The van der Waals surface area contributed by atoms with E-state index in [1.807, 2.05) is 0 Å². The van der Waals surface area contributed by atoms with Crippen molar-refractivity contribution in [1.82, 2.24) is 15.0 Å². The molecule has 0 amide bonds. The molecule has 1 saturated heterocycles. The van der Waals surface area contributed by atoms with Crippen molar-refractivity contribution in [2.45, 2.75) is 19.0 Å². The predicted molar refractivity (Wildman–Crippen MR) is 73.7 cm³/mol. The predicted octanol–water partition coefficient (Wildman–Crippen LogP) is 2.62. The normalized spacial score (nSPS) is 17.0. The summed E-state index contributed by atoms with van der Waals surface area (Å²) in [5, 5.41) is 0. The maximum atomic E-state index is 12.7. The van der Waals surface area contributed by atoms with Gasteiger partial charge in [-0.2, -0.15) is 13.2 Å². The fraction of sp³-hybridized carbons (Fsp3) is 0.429. The number of anilines is 1. The fourth-order valence-corrected chi connectivity index (χ4v) is 2.66. The van der Waals surface area contributed by atoms with Gasteiger partial charge in [0.15, 0.2) is 12.1 Å². The van der Waals surface area contributed by atoms with Gasteiger partial charge in [-0.05, 0) is 25.0 Å². The lowest BCUT2D eigenvalue weighted by Crippen LogP contribution is -2.39. The molecule has 116 valence electrons. The summed E-state index contributed by atoms with van der Waals surface area (Å²) in [5.41, 5.74) is 1.25. The molecule has 3 rings (SSSR count). The molecule has 5 nitrogen and oxygen atoms in total. The zero-order valence-electron chi connectivity index (χ0n) is 11.5. The van der Waals surface area contributed by atoms with Gasteiger partial charge in [0.2, 0.25) is 0 Å². The Labute approximate surface area is 124 Å². The van der Waals surface area contributed by atoms with E-state index < -0.39 is 12.1 Å². The molecule has 0 aromatic carbocycles. The summed E-state index contributed by atoms with van der Waals surface area (Å²) in [6, 6.07) is 3.20. The second-order valence-corrected chi connectivity index (χ2v) is 5.22. The molecule has 1 aliphatic rings. The summed E-state index contributed by atoms with van der Waals surface area (Å²) < 4.78 is 38.2. The molecule has 2 aromatic heterocycles. The van der Waals surface area contributed by atoms with Crippen molar-refractivity contribution in [2.24, 2.45) is 5.92 Å². The first-order chi connectivity index (χ1) is 10.5. The van der Waals surface area contributed by atoms with Crippen molar-refractivity contribution < 1.29 is 18.0 Å². The van der Waals surface area contributed by atoms with Crippen LogP contribution < -0.4 is 4.90 Å². The summed E-state index contributed by atoms with van der Waals surface area (Å²) >= 11 is 0. The van der Waals surface area contributed by atoms with Crippen LogP contribution in [0.3, 0.4) is 0 Å². The van der Waals surface area contributed by atoms with Crippen LogP contribution in [0.1, 0.15) is 23.3 Å². The van der Waals surface area contributed by atoms with E-state index in [-0.39, 0.29) is 31.6 Å². The zero-order valence-corrected chi connectivity index (χ0v) is 11.5. The van der Waals surface area contributed by atoms with Gasteiger partial charge in [-0.1, -0.05) is 0 Å². The Morgan fingerprint density at radius 2 is 1.91 bits per heavy atom. The molecule has 0 atom stereocenters. The van der Waals surface area contributed by atoms with Crippen LogP contribution in [0.2, 0.25) is 0 Å². The molecule has 0 spiro atoms. The monoisotopic (exact) mass is 310 g/mol. The van der Waals surface area contributed by atoms with Gasteiger partial charge in [-0.25, -0.2) is 15.0 Å². The number of aromatic nitrogens is 3. The lowest BCUT2D eigenvalue weighted by molar-refractivity contribution is -0.179. The third kappa shape index (κ3) is 2.72. The Hall–Kier alpha value is -2.25. The van der Waals surface area contributed by atoms with E-state index in [4.69, 9.17) is 0 Å². The maximum absolute atomic E-state index is 12.7. The number of nitrogens with zero attached hydrogens (tertiary/aromatic N) is 4. The fourth-order valence-electron chi connectivity index (χ4n) is 2.66. The summed E-state index contributed by atoms with van der Waals surface area (Å²) in [7, 11) is 0. The second kappa shape index (κ2) is 5.51. The van der Waals surface area contributed by atoms with Crippen LogP contribution in [0, 0.1) is 5.92 Å². The Bertz CT molecular complexity index is 696. The van der Waals surface area contributed by atoms with Crippen LogP contribution in [0.5, 0.6) is 0 Å². The number of aldehydes is 1. The van der Waals surface area contributed by atoms with Gasteiger partial charge >= 0.3 is 6.18 Å². The van der Waals surface area contributed by atoms with Gasteiger partial charge in [0.1, 0.15) is 17.5 Å². The van der Waals surface area contributed by atoms with E-state index in [0.29, 0.717) is 23.1 Å². The van der Waals surface area contributed by atoms with Crippen LogP contribution in [0.15, 0.2) is 18.5 Å². The maximum Gasteiger partial charge on any atom is 0.391 e. The first-order valence-corrected chi connectivity index (χ1v) is 6.87. The van der Waals surface area contributed by atoms with Crippen LogP contribution in [0.4, 0.5) is 19.0 Å². The van der Waals surface area contributed by atoms with Gasteiger partial charge in [0.25, 0.3) is 0 Å². The van der Waals surface area contributed by atoms with Gasteiger partial charge in [-0.3, -0.25) is 4.79 Å². The van der Waals surface area contributed by atoms with Gasteiger partial charge in [0.05, 0.1) is 11.4 Å². The lowest BCUT2D eigenvalue weighted by Gasteiger charge is -2.33. The van der Waals surface area contributed by atoms with Crippen LogP contribution in [-0.2, 0) is 0 Å². The molecule has 1 aliphatic heterocycles. The van der Waals surface area contributed by atoms with Crippen molar-refractivity contribution in [1.29, 1.82) is 0 Å². The van der Waals surface area contributed by atoms with Crippen molar-refractivity contribution >= 4 is 23.1 Å². The van der Waals surface area contributed by atoms with E-state index in [0.717, 1.165) is 0 Å². The highest BCUT2D eigenvalue weighted by Gasteiger charge is 2.41. The summed E-state index contributed by atoms with van der Waals surface area (Å²) in [5.74, 6) is -0.787. The van der Waals surface area contributed by atoms with E-state index in [2.05, 4.69) is 15.0 Å². The molecule has 0 N–H and O–H groups in total. The van der Waals surface area contributed by atoms with Crippen molar-refractivity contribution in [3.63, 3.8) is 0 Å². The largest absolute Gasteiger partial charge is 0.391 e. The van der Waals surface area contributed by atoms with E-state index in [1.54, 1.807) is 17.0 Å². The number of hydrogen-bond acceptors (Lipinski definition) is 5.